The number of rotatable bonds is 6. The maximum absolute atomic E-state index is 12.5. The number of hydrogen-bond acceptors (Lipinski definition) is 4. The van der Waals surface area contributed by atoms with Crippen LogP contribution < -0.4 is 5.32 Å². The first-order chi connectivity index (χ1) is 11.1. The van der Waals surface area contributed by atoms with E-state index in [0.29, 0.717) is 13.1 Å². The number of likely N-dealkylation sites (tertiary alicyclic amines) is 1. The maximum atomic E-state index is 12.5. The smallest absolute Gasteiger partial charge is 0.254 e. The fourth-order valence-corrected chi connectivity index (χ4v) is 4.05. The predicted octanol–water partition coefficient (Wildman–Crippen LogP) is 2.29. The van der Waals surface area contributed by atoms with E-state index in [4.69, 9.17) is 4.74 Å². The molecule has 0 atom stereocenters. The molecule has 0 aromatic carbocycles. The highest BCUT2D eigenvalue weighted by Gasteiger charge is 2.41. The van der Waals surface area contributed by atoms with Crippen LogP contribution in [0.1, 0.15) is 42.5 Å². The van der Waals surface area contributed by atoms with Gasteiger partial charge in [-0.15, -0.1) is 0 Å². The Morgan fingerprint density at radius 1 is 1.39 bits per heavy atom. The number of nitrogens with zero attached hydrogens (tertiary/aromatic N) is 1. The third-order valence-corrected chi connectivity index (χ3v) is 5.52. The monoisotopic (exact) mass is 336 g/mol. The van der Waals surface area contributed by atoms with E-state index < -0.39 is 0 Å². The second kappa shape index (κ2) is 7.01. The standard InChI is InChI=1S/C17H24N2O3S/c1-22-11-15(20)18-17(10-13-2-3-13)5-7-19(8-6-17)16(21)14-4-9-23-12-14/h4,9,12-13H,2-3,5-8,10-11H2,1H3,(H,18,20). The van der Waals surface area contributed by atoms with E-state index in [1.165, 1.54) is 20.0 Å². The van der Waals surface area contributed by atoms with E-state index in [0.717, 1.165) is 30.7 Å². The number of amides is 2. The SMILES string of the molecule is COCC(=O)NC1(CC2CC2)CCN(C(=O)c2ccsc2)CC1. The minimum atomic E-state index is -0.164. The average Bonchev–Trinajstić information content (AvgIpc) is 3.16. The van der Waals surface area contributed by atoms with Crippen LogP contribution >= 0.6 is 11.3 Å². The summed E-state index contributed by atoms with van der Waals surface area (Å²) in [4.78, 5) is 26.4. The van der Waals surface area contributed by atoms with Gasteiger partial charge in [-0.2, -0.15) is 11.3 Å². The van der Waals surface area contributed by atoms with Crippen LogP contribution in [0.15, 0.2) is 16.8 Å². The van der Waals surface area contributed by atoms with Crippen molar-refractivity contribution in [2.45, 2.75) is 37.6 Å². The maximum Gasteiger partial charge on any atom is 0.254 e. The Morgan fingerprint density at radius 3 is 2.70 bits per heavy atom. The molecule has 1 N–H and O–H groups in total. The van der Waals surface area contributed by atoms with Crippen LogP contribution in [0, 0.1) is 5.92 Å². The minimum absolute atomic E-state index is 0.0502. The highest BCUT2D eigenvalue weighted by atomic mass is 32.1. The molecule has 2 aliphatic rings. The van der Waals surface area contributed by atoms with Gasteiger partial charge in [-0.05, 0) is 36.6 Å². The molecule has 0 radical (unpaired) electrons. The average molecular weight is 336 g/mol. The van der Waals surface area contributed by atoms with Crippen molar-refractivity contribution in [3.63, 3.8) is 0 Å². The van der Waals surface area contributed by atoms with Crippen molar-refractivity contribution in [2.24, 2.45) is 5.92 Å². The minimum Gasteiger partial charge on any atom is -0.375 e. The van der Waals surface area contributed by atoms with Crippen LogP contribution in [0.5, 0.6) is 0 Å². The summed E-state index contributed by atoms with van der Waals surface area (Å²) in [5.41, 5.74) is 0.607. The fraction of sp³-hybridized carbons (Fsp3) is 0.647. The Morgan fingerprint density at radius 2 is 2.13 bits per heavy atom. The summed E-state index contributed by atoms with van der Waals surface area (Å²) in [6, 6.07) is 1.87. The van der Waals surface area contributed by atoms with Gasteiger partial charge in [0.2, 0.25) is 5.91 Å². The molecule has 2 fully saturated rings. The molecule has 2 heterocycles. The Kier molecular flexibility index (Phi) is 5.02. The third kappa shape index (κ3) is 4.12. The lowest BCUT2D eigenvalue weighted by atomic mass is 9.82. The van der Waals surface area contributed by atoms with Crippen LogP contribution in [-0.2, 0) is 9.53 Å². The Balaban J connectivity index is 1.62. The summed E-state index contributed by atoms with van der Waals surface area (Å²) in [6.45, 7) is 1.51. The molecule has 6 heteroatoms. The fourth-order valence-electron chi connectivity index (χ4n) is 3.42. The molecule has 23 heavy (non-hydrogen) atoms. The molecule has 1 saturated heterocycles. The lowest BCUT2D eigenvalue weighted by molar-refractivity contribution is -0.127. The van der Waals surface area contributed by atoms with Gasteiger partial charge in [0.1, 0.15) is 6.61 Å². The van der Waals surface area contributed by atoms with E-state index >= 15 is 0 Å². The molecule has 0 unspecified atom stereocenters. The van der Waals surface area contributed by atoms with Crippen molar-refractivity contribution in [3.8, 4) is 0 Å². The summed E-state index contributed by atoms with van der Waals surface area (Å²) in [6.07, 6.45) is 5.21. The van der Waals surface area contributed by atoms with E-state index in [1.807, 2.05) is 21.7 Å². The van der Waals surface area contributed by atoms with Crippen molar-refractivity contribution < 1.29 is 14.3 Å². The largest absolute Gasteiger partial charge is 0.375 e. The van der Waals surface area contributed by atoms with Gasteiger partial charge in [0.25, 0.3) is 5.91 Å². The number of thiophene rings is 1. The molecule has 1 saturated carbocycles. The molecule has 1 aliphatic heterocycles. The molecule has 126 valence electrons. The Hall–Kier alpha value is -1.40. The molecule has 1 aliphatic carbocycles. The van der Waals surface area contributed by atoms with Gasteiger partial charge in [0, 0.05) is 31.1 Å². The second-order valence-corrected chi connectivity index (χ2v) is 7.49. The lowest BCUT2D eigenvalue weighted by Crippen LogP contribution is -2.57. The summed E-state index contributed by atoms with van der Waals surface area (Å²) < 4.78 is 4.94. The summed E-state index contributed by atoms with van der Waals surface area (Å²) in [5.74, 6) is 0.789. The summed E-state index contributed by atoms with van der Waals surface area (Å²) >= 11 is 1.54. The second-order valence-electron chi connectivity index (χ2n) is 6.71. The zero-order chi connectivity index (χ0) is 16.3. The number of hydrogen-bond donors (Lipinski definition) is 1. The van der Waals surface area contributed by atoms with Crippen molar-refractivity contribution >= 4 is 23.2 Å². The number of nitrogens with one attached hydrogen (secondary N) is 1. The van der Waals surface area contributed by atoms with Crippen LogP contribution in [0.3, 0.4) is 0 Å². The summed E-state index contributed by atoms with van der Waals surface area (Å²) in [7, 11) is 1.54. The Labute approximate surface area is 141 Å². The van der Waals surface area contributed by atoms with Gasteiger partial charge >= 0.3 is 0 Å². The van der Waals surface area contributed by atoms with Crippen LogP contribution in [0.4, 0.5) is 0 Å². The molecule has 1 aromatic heterocycles. The van der Waals surface area contributed by atoms with E-state index in [9.17, 15) is 9.59 Å². The van der Waals surface area contributed by atoms with Crippen LogP contribution in [-0.4, -0.2) is 49.1 Å². The van der Waals surface area contributed by atoms with Gasteiger partial charge in [-0.25, -0.2) is 0 Å². The van der Waals surface area contributed by atoms with Gasteiger partial charge in [0.15, 0.2) is 0 Å². The predicted molar refractivity (Wildman–Crippen MR) is 89.5 cm³/mol. The first kappa shape index (κ1) is 16.5. The van der Waals surface area contributed by atoms with Crippen LogP contribution in [0.25, 0.3) is 0 Å². The first-order valence-electron chi connectivity index (χ1n) is 8.23. The highest BCUT2D eigenvalue weighted by Crippen LogP contribution is 2.40. The molecule has 3 rings (SSSR count). The van der Waals surface area contributed by atoms with Crippen molar-refractivity contribution in [1.82, 2.24) is 10.2 Å². The number of carbonyl (C=O) groups is 2. The number of piperidine rings is 1. The van der Waals surface area contributed by atoms with Crippen molar-refractivity contribution in [2.75, 3.05) is 26.8 Å². The number of methoxy groups -OCH3 is 1. The number of carbonyl (C=O) groups excluding carboxylic acids is 2. The lowest BCUT2D eigenvalue weighted by Gasteiger charge is -2.42. The van der Waals surface area contributed by atoms with E-state index in [-0.39, 0.29) is 24.0 Å². The van der Waals surface area contributed by atoms with E-state index in [2.05, 4.69) is 5.32 Å². The zero-order valence-electron chi connectivity index (χ0n) is 13.5. The normalized spacial score (nSPS) is 20.3. The molecule has 0 spiro atoms. The molecule has 1 aromatic rings. The molecular formula is C17H24N2O3S. The Bertz CT molecular complexity index is 546. The van der Waals surface area contributed by atoms with Gasteiger partial charge in [0.05, 0.1) is 5.56 Å². The molecular weight excluding hydrogens is 312 g/mol. The van der Waals surface area contributed by atoms with Gasteiger partial charge < -0.3 is 15.0 Å². The highest BCUT2D eigenvalue weighted by molar-refractivity contribution is 7.08. The topological polar surface area (TPSA) is 58.6 Å². The van der Waals surface area contributed by atoms with Gasteiger partial charge in [-0.3, -0.25) is 9.59 Å². The summed E-state index contributed by atoms with van der Waals surface area (Å²) in [5, 5.41) is 7.03. The van der Waals surface area contributed by atoms with E-state index in [1.54, 1.807) is 11.3 Å². The molecule has 0 bridgehead atoms. The molecule has 2 amide bonds. The number of ether oxygens (including phenoxy) is 1. The van der Waals surface area contributed by atoms with Crippen molar-refractivity contribution in [1.29, 1.82) is 0 Å². The zero-order valence-corrected chi connectivity index (χ0v) is 14.4. The van der Waals surface area contributed by atoms with Gasteiger partial charge in [-0.1, -0.05) is 12.8 Å². The quantitative estimate of drug-likeness (QED) is 0.867. The van der Waals surface area contributed by atoms with Crippen LogP contribution in [0.2, 0.25) is 0 Å². The first-order valence-corrected chi connectivity index (χ1v) is 9.18. The molecule has 5 nitrogen and oxygen atoms in total. The van der Waals surface area contributed by atoms with Crippen molar-refractivity contribution in [3.05, 3.63) is 22.4 Å². The third-order valence-electron chi connectivity index (χ3n) is 4.83.